The minimum atomic E-state index is 0.857. The van der Waals surface area contributed by atoms with Crippen molar-refractivity contribution in [1.82, 2.24) is 19.6 Å². The second-order valence-corrected chi connectivity index (χ2v) is 11.7. The molecule has 4 heterocycles. The fraction of sp³-hybridized carbons (Fsp3) is 1.00. The first-order chi connectivity index (χ1) is 14.5. The van der Waals surface area contributed by atoms with Crippen LogP contribution in [0.5, 0.6) is 0 Å². The summed E-state index contributed by atoms with van der Waals surface area (Å²) in [5.41, 5.74) is 0. The maximum Gasteiger partial charge on any atom is 0.0120 e. The van der Waals surface area contributed by atoms with Crippen LogP contribution in [-0.2, 0) is 0 Å². The zero-order valence-corrected chi connectivity index (χ0v) is 20.6. The van der Waals surface area contributed by atoms with Crippen LogP contribution in [0.2, 0.25) is 0 Å². The van der Waals surface area contributed by atoms with Crippen molar-refractivity contribution in [2.75, 3.05) is 73.0 Å². The van der Waals surface area contributed by atoms with Gasteiger partial charge in [0.15, 0.2) is 0 Å². The lowest BCUT2D eigenvalue weighted by molar-refractivity contribution is -0.00670. The Morgan fingerprint density at radius 3 is 1.87 bits per heavy atom. The molecule has 0 bridgehead atoms. The molecular formula is C26H50N4. The summed E-state index contributed by atoms with van der Waals surface area (Å²) in [5.74, 6) is 4.63. The summed E-state index contributed by atoms with van der Waals surface area (Å²) in [5, 5.41) is 0. The van der Waals surface area contributed by atoms with Gasteiger partial charge in [0, 0.05) is 19.1 Å². The summed E-state index contributed by atoms with van der Waals surface area (Å²) in [4.78, 5) is 10.8. The van der Waals surface area contributed by atoms with Gasteiger partial charge in [0.2, 0.25) is 0 Å². The predicted molar refractivity (Wildman–Crippen MR) is 128 cm³/mol. The molecule has 30 heavy (non-hydrogen) atoms. The maximum atomic E-state index is 2.92. The van der Waals surface area contributed by atoms with Crippen LogP contribution in [0.15, 0.2) is 0 Å². The van der Waals surface area contributed by atoms with Crippen LogP contribution < -0.4 is 0 Å². The molecule has 4 heteroatoms. The van der Waals surface area contributed by atoms with E-state index in [9.17, 15) is 0 Å². The van der Waals surface area contributed by atoms with E-state index in [2.05, 4.69) is 47.5 Å². The first-order valence-electron chi connectivity index (χ1n) is 13.3. The third-order valence-electron chi connectivity index (χ3n) is 9.59. The Labute approximate surface area is 187 Å². The monoisotopic (exact) mass is 418 g/mol. The van der Waals surface area contributed by atoms with E-state index in [1.807, 2.05) is 0 Å². The quantitative estimate of drug-likeness (QED) is 0.674. The Morgan fingerprint density at radius 2 is 1.20 bits per heavy atom. The van der Waals surface area contributed by atoms with Crippen molar-refractivity contribution in [1.29, 1.82) is 0 Å². The lowest BCUT2D eigenvalue weighted by Crippen LogP contribution is -2.54. The largest absolute Gasteiger partial charge is 0.306 e. The number of piperidine rings is 4. The molecule has 0 aliphatic carbocycles. The number of nitrogens with zero attached hydrogens (tertiary/aromatic N) is 4. The molecule has 2 unspecified atom stereocenters. The molecule has 4 rings (SSSR count). The normalized spacial score (nSPS) is 37.6. The fourth-order valence-electron chi connectivity index (χ4n) is 7.02. The number of rotatable bonds is 5. The highest BCUT2D eigenvalue weighted by Gasteiger charge is 2.39. The molecule has 4 fully saturated rings. The van der Waals surface area contributed by atoms with Crippen LogP contribution in [0.25, 0.3) is 0 Å². The van der Waals surface area contributed by atoms with Gasteiger partial charge in [0.1, 0.15) is 0 Å². The zero-order chi connectivity index (χ0) is 21.1. The van der Waals surface area contributed by atoms with Crippen molar-refractivity contribution in [3.8, 4) is 0 Å². The van der Waals surface area contributed by atoms with Gasteiger partial charge in [0.25, 0.3) is 0 Å². The van der Waals surface area contributed by atoms with Crippen molar-refractivity contribution < 1.29 is 0 Å². The van der Waals surface area contributed by atoms with Gasteiger partial charge in [-0.1, -0.05) is 13.8 Å². The summed E-state index contributed by atoms with van der Waals surface area (Å²) < 4.78 is 0. The Morgan fingerprint density at radius 1 is 0.633 bits per heavy atom. The third kappa shape index (κ3) is 5.79. The molecule has 4 saturated heterocycles. The van der Waals surface area contributed by atoms with E-state index < -0.39 is 0 Å². The van der Waals surface area contributed by atoms with Crippen LogP contribution in [0.4, 0.5) is 0 Å². The van der Waals surface area contributed by atoms with Gasteiger partial charge >= 0.3 is 0 Å². The Bertz CT molecular complexity index is 509. The van der Waals surface area contributed by atoms with Gasteiger partial charge in [0.05, 0.1) is 0 Å². The minimum Gasteiger partial charge on any atom is -0.306 e. The van der Waals surface area contributed by atoms with Crippen molar-refractivity contribution in [2.45, 2.75) is 64.8 Å². The first kappa shape index (κ1) is 23.0. The predicted octanol–water partition coefficient (Wildman–Crippen LogP) is 3.73. The molecule has 0 aromatic rings. The summed E-state index contributed by atoms with van der Waals surface area (Å²) in [6.45, 7) is 17.2. The van der Waals surface area contributed by atoms with Crippen LogP contribution in [-0.4, -0.2) is 98.6 Å². The van der Waals surface area contributed by atoms with Gasteiger partial charge in [-0.3, -0.25) is 4.90 Å². The summed E-state index contributed by atoms with van der Waals surface area (Å²) >= 11 is 0. The number of hydrogen-bond donors (Lipinski definition) is 0. The number of hydrogen-bond acceptors (Lipinski definition) is 4. The minimum absolute atomic E-state index is 0.857. The van der Waals surface area contributed by atoms with Crippen molar-refractivity contribution in [3.63, 3.8) is 0 Å². The van der Waals surface area contributed by atoms with Crippen LogP contribution in [0, 0.1) is 29.6 Å². The lowest BCUT2D eigenvalue weighted by Gasteiger charge is -2.49. The second kappa shape index (κ2) is 10.6. The molecule has 0 saturated carbocycles. The molecule has 0 N–H and O–H groups in total. The molecule has 4 nitrogen and oxygen atoms in total. The SMILES string of the molecule is C[C@@H]1CCN(CCC2CCN(C)CC2)CC1C1CN(C2CCN(C)CC2)CC[C@@H]1C. The highest BCUT2D eigenvalue weighted by atomic mass is 15.2. The number of likely N-dealkylation sites (tertiary alicyclic amines) is 4. The van der Waals surface area contributed by atoms with Gasteiger partial charge in [-0.25, -0.2) is 0 Å². The van der Waals surface area contributed by atoms with Gasteiger partial charge < -0.3 is 14.7 Å². The van der Waals surface area contributed by atoms with E-state index in [1.165, 1.54) is 104 Å². The van der Waals surface area contributed by atoms with E-state index in [0.717, 1.165) is 35.6 Å². The molecule has 4 aliphatic rings. The maximum absolute atomic E-state index is 2.92. The van der Waals surface area contributed by atoms with Crippen LogP contribution in [0.1, 0.15) is 58.8 Å². The van der Waals surface area contributed by atoms with E-state index in [0.29, 0.717) is 0 Å². The van der Waals surface area contributed by atoms with E-state index in [4.69, 9.17) is 0 Å². The molecule has 174 valence electrons. The Kier molecular flexibility index (Phi) is 8.16. The van der Waals surface area contributed by atoms with E-state index in [-0.39, 0.29) is 0 Å². The molecule has 0 aromatic heterocycles. The van der Waals surface area contributed by atoms with Gasteiger partial charge in [-0.15, -0.1) is 0 Å². The summed E-state index contributed by atoms with van der Waals surface area (Å²) in [6.07, 6.45) is 9.92. The van der Waals surface area contributed by atoms with Crippen LogP contribution >= 0.6 is 0 Å². The molecule has 0 aromatic carbocycles. The molecule has 0 radical (unpaired) electrons. The standard InChI is InChI=1S/C26H50N4/c1-21-5-16-29(17-9-23-7-12-27(3)13-8-23)19-25(21)26-20-30(18-6-22(26)2)24-10-14-28(4)15-11-24/h21-26H,5-20H2,1-4H3/t21-,22+,25?,26?/m1/s1. The molecule has 0 amide bonds. The van der Waals surface area contributed by atoms with E-state index in [1.54, 1.807) is 0 Å². The average molecular weight is 419 g/mol. The van der Waals surface area contributed by atoms with Crippen molar-refractivity contribution in [3.05, 3.63) is 0 Å². The molecule has 4 aliphatic heterocycles. The highest BCUT2D eigenvalue weighted by molar-refractivity contribution is 4.92. The first-order valence-corrected chi connectivity index (χ1v) is 13.3. The third-order valence-corrected chi connectivity index (χ3v) is 9.59. The Balaban J connectivity index is 1.30. The average Bonchev–Trinajstić information content (AvgIpc) is 2.75. The van der Waals surface area contributed by atoms with E-state index >= 15 is 0 Å². The topological polar surface area (TPSA) is 13.0 Å². The second-order valence-electron chi connectivity index (χ2n) is 11.7. The fourth-order valence-corrected chi connectivity index (χ4v) is 7.02. The smallest absolute Gasteiger partial charge is 0.0120 e. The Hall–Kier alpha value is -0.160. The van der Waals surface area contributed by atoms with Gasteiger partial charge in [-0.2, -0.15) is 0 Å². The van der Waals surface area contributed by atoms with Crippen molar-refractivity contribution >= 4 is 0 Å². The van der Waals surface area contributed by atoms with Gasteiger partial charge in [-0.05, 0) is 134 Å². The summed E-state index contributed by atoms with van der Waals surface area (Å²) in [6, 6.07) is 0.857. The molecular weight excluding hydrogens is 368 g/mol. The molecule has 4 atom stereocenters. The zero-order valence-electron chi connectivity index (χ0n) is 20.6. The van der Waals surface area contributed by atoms with Crippen molar-refractivity contribution in [2.24, 2.45) is 29.6 Å². The molecule has 0 spiro atoms. The van der Waals surface area contributed by atoms with Crippen LogP contribution in [0.3, 0.4) is 0 Å². The highest BCUT2D eigenvalue weighted by Crippen LogP contribution is 2.39. The summed E-state index contributed by atoms with van der Waals surface area (Å²) in [7, 11) is 4.58. The lowest BCUT2D eigenvalue weighted by atomic mass is 9.70.